The molecule has 0 aliphatic rings. The summed E-state index contributed by atoms with van der Waals surface area (Å²) in [6, 6.07) is 9.66. The third-order valence-electron chi connectivity index (χ3n) is 2.96. The molecule has 0 aromatic heterocycles. The number of amides is 1. The van der Waals surface area contributed by atoms with Gasteiger partial charge >= 0.3 is 0 Å². The van der Waals surface area contributed by atoms with Gasteiger partial charge in [0.1, 0.15) is 0 Å². The summed E-state index contributed by atoms with van der Waals surface area (Å²) in [4.78, 5) is 11.9. The number of benzene rings is 2. The van der Waals surface area contributed by atoms with Crippen LogP contribution in [0.5, 0.6) is 11.5 Å². The fourth-order valence-corrected chi connectivity index (χ4v) is 2.16. The highest BCUT2D eigenvalue weighted by molar-refractivity contribution is 6.42. The average Bonchev–Trinajstić information content (AvgIpc) is 2.57. The van der Waals surface area contributed by atoms with Crippen molar-refractivity contribution in [2.24, 2.45) is 5.16 Å². The predicted octanol–water partition coefficient (Wildman–Crippen LogP) is 3.83. The normalized spacial score (nSPS) is 10.6. The first kappa shape index (κ1) is 17.9. The van der Waals surface area contributed by atoms with Gasteiger partial charge in [-0.3, -0.25) is 4.79 Å². The number of ether oxygens (including phenoxy) is 2. The second kappa shape index (κ2) is 8.42. The molecule has 0 saturated heterocycles. The summed E-state index contributed by atoms with van der Waals surface area (Å²) < 4.78 is 10.6. The van der Waals surface area contributed by atoms with Crippen molar-refractivity contribution in [1.82, 2.24) is 0 Å². The highest BCUT2D eigenvalue weighted by Gasteiger charge is 2.09. The van der Waals surface area contributed by atoms with E-state index in [4.69, 9.17) is 37.9 Å². The molecule has 0 radical (unpaired) electrons. The summed E-state index contributed by atoms with van der Waals surface area (Å²) in [7, 11) is 1.47. The average molecular weight is 369 g/mol. The maximum Gasteiger partial charge on any atom is 0.262 e. The van der Waals surface area contributed by atoms with E-state index in [-0.39, 0.29) is 12.5 Å². The summed E-state index contributed by atoms with van der Waals surface area (Å²) in [5.74, 6) is 0.433. The van der Waals surface area contributed by atoms with Crippen molar-refractivity contribution in [3.8, 4) is 11.5 Å². The second-order valence-electron chi connectivity index (χ2n) is 4.62. The smallest absolute Gasteiger partial charge is 0.262 e. The van der Waals surface area contributed by atoms with Crippen LogP contribution in [0.2, 0.25) is 10.0 Å². The first-order chi connectivity index (χ1) is 11.5. The molecule has 8 heteroatoms. The third-order valence-corrected chi connectivity index (χ3v) is 3.70. The van der Waals surface area contributed by atoms with Gasteiger partial charge in [0.15, 0.2) is 18.1 Å². The molecule has 0 aliphatic carbocycles. The Balaban J connectivity index is 1.99. The van der Waals surface area contributed by atoms with Gasteiger partial charge in [-0.1, -0.05) is 28.4 Å². The lowest BCUT2D eigenvalue weighted by Gasteiger charge is -2.11. The number of carbonyl (C=O) groups excluding carboxylic acids is 1. The minimum Gasteiger partial charge on any atom is -0.493 e. The number of methoxy groups -OCH3 is 1. The summed E-state index contributed by atoms with van der Waals surface area (Å²) in [5.41, 5.74) is 1.14. The first-order valence-electron chi connectivity index (χ1n) is 6.76. The molecule has 0 heterocycles. The van der Waals surface area contributed by atoms with Gasteiger partial charge in [-0.15, -0.1) is 0 Å². The Bertz CT molecular complexity index is 766. The predicted molar refractivity (Wildman–Crippen MR) is 93.0 cm³/mol. The zero-order valence-electron chi connectivity index (χ0n) is 12.6. The summed E-state index contributed by atoms with van der Waals surface area (Å²) in [5, 5.41) is 14.9. The summed E-state index contributed by atoms with van der Waals surface area (Å²) in [6.45, 7) is -0.218. The molecular weight excluding hydrogens is 355 g/mol. The van der Waals surface area contributed by atoms with Crippen molar-refractivity contribution in [3.05, 3.63) is 52.0 Å². The van der Waals surface area contributed by atoms with Gasteiger partial charge in [0, 0.05) is 11.3 Å². The van der Waals surface area contributed by atoms with E-state index in [1.54, 1.807) is 36.4 Å². The van der Waals surface area contributed by atoms with E-state index >= 15 is 0 Å². The van der Waals surface area contributed by atoms with Gasteiger partial charge < -0.3 is 20.0 Å². The zero-order valence-corrected chi connectivity index (χ0v) is 14.1. The van der Waals surface area contributed by atoms with Gasteiger partial charge in [-0.25, -0.2) is 0 Å². The Hall–Kier alpha value is -2.44. The van der Waals surface area contributed by atoms with Crippen molar-refractivity contribution in [2.75, 3.05) is 19.0 Å². The van der Waals surface area contributed by atoms with Crippen LogP contribution in [0.4, 0.5) is 5.69 Å². The first-order valence-corrected chi connectivity index (χ1v) is 7.52. The Labute approximate surface area is 148 Å². The molecule has 0 atom stereocenters. The SMILES string of the molecule is COc1cc(/C=N/O)ccc1OCC(=O)Nc1ccc(Cl)c(Cl)c1. The van der Waals surface area contributed by atoms with Gasteiger partial charge in [0.05, 0.1) is 23.4 Å². The number of nitrogens with zero attached hydrogens (tertiary/aromatic N) is 1. The van der Waals surface area contributed by atoms with Gasteiger partial charge in [0.2, 0.25) is 0 Å². The lowest BCUT2D eigenvalue weighted by Crippen LogP contribution is -2.20. The lowest BCUT2D eigenvalue weighted by molar-refractivity contribution is -0.118. The molecule has 2 rings (SSSR count). The van der Waals surface area contributed by atoms with E-state index < -0.39 is 0 Å². The van der Waals surface area contributed by atoms with Crippen LogP contribution in [0, 0.1) is 0 Å². The van der Waals surface area contributed by atoms with Crippen molar-refractivity contribution < 1.29 is 19.5 Å². The standard InChI is InChI=1S/C16H14Cl2N2O4/c1-23-15-6-10(8-19-22)2-5-14(15)24-9-16(21)20-11-3-4-12(17)13(18)7-11/h2-8,22H,9H2,1H3,(H,20,21)/b19-8+. The number of nitrogens with one attached hydrogen (secondary N) is 1. The van der Waals surface area contributed by atoms with Crippen LogP contribution in [0.15, 0.2) is 41.6 Å². The van der Waals surface area contributed by atoms with Crippen LogP contribution in [0.1, 0.15) is 5.56 Å². The van der Waals surface area contributed by atoms with E-state index in [9.17, 15) is 4.79 Å². The van der Waals surface area contributed by atoms with Crippen molar-refractivity contribution >= 4 is 41.0 Å². The molecule has 0 bridgehead atoms. The number of carbonyl (C=O) groups is 1. The van der Waals surface area contributed by atoms with Crippen LogP contribution in [0.25, 0.3) is 0 Å². The highest BCUT2D eigenvalue weighted by atomic mass is 35.5. The number of hydrogen-bond acceptors (Lipinski definition) is 5. The third kappa shape index (κ3) is 4.78. The van der Waals surface area contributed by atoms with Gasteiger partial charge in [0.25, 0.3) is 5.91 Å². The maximum atomic E-state index is 11.9. The zero-order chi connectivity index (χ0) is 17.5. The number of anilines is 1. The van der Waals surface area contributed by atoms with E-state index in [0.717, 1.165) is 0 Å². The molecule has 0 spiro atoms. The van der Waals surface area contributed by atoms with E-state index in [1.807, 2.05) is 0 Å². The fourth-order valence-electron chi connectivity index (χ4n) is 1.86. The number of rotatable bonds is 6. The number of hydrogen-bond donors (Lipinski definition) is 2. The molecule has 2 aromatic rings. The highest BCUT2D eigenvalue weighted by Crippen LogP contribution is 2.28. The molecule has 126 valence electrons. The van der Waals surface area contributed by atoms with Crippen LogP contribution in [-0.2, 0) is 4.79 Å². The molecule has 0 unspecified atom stereocenters. The van der Waals surface area contributed by atoms with Crippen LogP contribution < -0.4 is 14.8 Å². The van der Waals surface area contributed by atoms with Crippen molar-refractivity contribution in [3.63, 3.8) is 0 Å². The van der Waals surface area contributed by atoms with Crippen molar-refractivity contribution in [1.29, 1.82) is 0 Å². The Morgan fingerprint density at radius 1 is 1.21 bits per heavy atom. The summed E-state index contributed by atoms with van der Waals surface area (Å²) in [6.07, 6.45) is 1.25. The van der Waals surface area contributed by atoms with Crippen LogP contribution in [0.3, 0.4) is 0 Å². The topological polar surface area (TPSA) is 80.2 Å². The second-order valence-corrected chi connectivity index (χ2v) is 5.44. The molecule has 24 heavy (non-hydrogen) atoms. The Kier molecular flexibility index (Phi) is 6.28. The quantitative estimate of drug-likeness (QED) is 0.461. The summed E-state index contributed by atoms with van der Waals surface area (Å²) >= 11 is 11.7. The van der Waals surface area contributed by atoms with E-state index in [2.05, 4.69) is 10.5 Å². The number of halogens is 2. The van der Waals surface area contributed by atoms with Gasteiger partial charge in [-0.2, -0.15) is 0 Å². The molecule has 2 N–H and O–H groups in total. The van der Waals surface area contributed by atoms with Gasteiger partial charge in [-0.05, 0) is 36.4 Å². The largest absolute Gasteiger partial charge is 0.493 e. The minimum atomic E-state index is -0.364. The molecular formula is C16H14Cl2N2O4. The van der Waals surface area contributed by atoms with Crippen molar-refractivity contribution in [2.45, 2.75) is 0 Å². The molecule has 0 aliphatic heterocycles. The Morgan fingerprint density at radius 2 is 2.00 bits per heavy atom. The van der Waals surface area contributed by atoms with E-state index in [1.165, 1.54) is 13.3 Å². The molecule has 0 fully saturated rings. The number of oxime groups is 1. The minimum absolute atomic E-state index is 0.218. The fraction of sp³-hybridized carbons (Fsp3) is 0.125. The molecule has 6 nitrogen and oxygen atoms in total. The molecule has 0 saturated carbocycles. The van der Waals surface area contributed by atoms with E-state index in [0.29, 0.717) is 32.8 Å². The molecule has 1 amide bonds. The Morgan fingerprint density at radius 3 is 2.67 bits per heavy atom. The lowest BCUT2D eigenvalue weighted by atomic mass is 10.2. The van der Waals surface area contributed by atoms with Crippen LogP contribution >= 0.6 is 23.2 Å². The monoisotopic (exact) mass is 368 g/mol. The maximum absolute atomic E-state index is 11.9. The van der Waals surface area contributed by atoms with Crippen LogP contribution in [-0.4, -0.2) is 31.0 Å². The molecule has 2 aromatic carbocycles.